The van der Waals surface area contributed by atoms with Crippen molar-refractivity contribution in [1.82, 2.24) is 4.90 Å². The van der Waals surface area contributed by atoms with Gasteiger partial charge in [-0.2, -0.15) is 0 Å². The van der Waals surface area contributed by atoms with Crippen LogP contribution in [0.5, 0.6) is 0 Å². The molecule has 4 heteroatoms. The first-order chi connectivity index (χ1) is 7.15. The van der Waals surface area contributed by atoms with Gasteiger partial charge in [0.15, 0.2) is 0 Å². The van der Waals surface area contributed by atoms with Gasteiger partial charge < -0.3 is 15.4 Å². The molecule has 0 aliphatic carbocycles. The van der Waals surface area contributed by atoms with E-state index < -0.39 is 0 Å². The number of piperidine rings is 1. The van der Waals surface area contributed by atoms with Crippen LogP contribution in [-0.2, 0) is 9.53 Å². The Morgan fingerprint density at radius 2 is 2.47 bits per heavy atom. The van der Waals surface area contributed by atoms with Crippen LogP contribution in [0.4, 0.5) is 0 Å². The van der Waals surface area contributed by atoms with E-state index in [1.165, 1.54) is 0 Å². The summed E-state index contributed by atoms with van der Waals surface area (Å²) in [6.45, 7) is 7.67. The standard InChI is InChI=1S/C11H20N2O2/c1-3-6-15-8-11(14)13-5-4-10(12)9(2)7-13/h3,9-10H,1,4-8,12H2,2H3. The molecule has 0 bridgehead atoms. The molecule has 1 aliphatic rings. The number of ether oxygens (including phenoxy) is 1. The van der Waals surface area contributed by atoms with Crippen LogP contribution < -0.4 is 5.73 Å². The molecule has 15 heavy (non-hydrogen) atoms. The first-order valence-electron chi connectivity index (χ1n) is 5.37. The van der Waals surface area contributed by atoms with Crippen LogP contribution in [-0.4, -0.2) is 43.2 Å². The molecule has 2 unspecified atom stereocenters. The number of likely N-dealkylation sites (tertiary alicyclic amines) is 1. The second-order valence-electron chi connectivity index (χ2n) is 4.07. The zero-order valence-electron chi connectivity index (χ0n) is 9.32. The van der Waals surface area contributed by atoms with Gasteiger partial charge >= 0.3 is 0 Å². The van der Waals surface area contributed by atoms with Gasteiger partial charge in [0, 0.05) is 19.1 Å². The summed E-state index contributed by atoms with van der Waals surface area (Å²) in [7, 11) is 0. The lowest BCUT2D eigenvalue weighted by Gasteiger charge is -2.35. The SMILES string of the molecule is C=CCOCC(=O)N1CCC(N)C(C)C1. The Kier molecular flexibility index (Phi) is 4.78. The minimum atomic E-state index is 0.0515. The van der Waals surface area contributed by atoms with E-state index in [1.54, 1.807) is 6.08 Å². The molecule has 1 rings (SSSR count). The minimum Gasteiger partial charge on any atom is -0.368 e. The van der Waals surface area contributed by atoms with Gasteiger partial charge in [0.2, 0.25) is 5.91 Å². The number of hydrogen-bond acceptors (Lipinski definition) is 3. The molecule has 1 fully saturated rings. The predicted molar refractivity (Wildman–Crippen MR) is 59.4 cm³/mol. The first-order valence-corrected chi connectivity index (χ1v) is 5.37. The summed E-state index contributed by atoms with van der Waals surface area (Å²) in [5, 5.41) is 0. The monoisotopic (exact) mass is 212 g/mol. The fourth-order valence-electron chi connectivity index (χ4n) is 1.71. The largest absolute Gasteiger partial charge is 0.368 e. The molecule has 4 nitrogen and oxygen atoms in total. The summed E-state index contributed by atoms with van der Waals surface area (Å²) in [5.74, 6) is 0.428. The summed E-state index contributed by atoms with van der Waals surface area (Å²) in [5.41, 5.74) is 5.88. The fraction of sp³-hybridized carbons (Fsp3) is 0.727. The number of carbonyl (C=O) groups is 1. The van der Waals surface area contributed by atoms with E-state index in [-0.39, 0.29) is 18.6 Å². The number of nitrogens with two attached hydrogens (primary N) is 1. The molecule has 0 saturated carbocycles. The van der Waals surface area contributed by atoms with Crippen molar-refractivity contribution in [2.45, 2.75) is 19.4 Å². The highest BCUT2D eigenvalue weighted by molar-refractivity contribution is 5.77. The second kappa shape index (κ2) is 5.88. The van der Waals surface area contributed by atoms with Crippen molar-refractivity contribution in [1.29, 1.82) is 0 Å². The number of hydrogen-bond donors (Lipinski definition) is 1. The molecule has 1 amide bonds. The number of nitrogens with zero attached hydrogens (tertiary/aromatic N) is 1. The second-order valence-corrected chi connectivity index (χ2v) is 4.07. The Balaban J connectivity index is 2.30. The topological polar surface area (TPSA) is 55.6 Å². The molecular weight excluding hydrogens is 192 g/mol. The van der Waals surface area contributed by atoms with Crippen molar-refractivity contribution in [3.8, 4) is 0 Å². The van der Waals surface area contributed by atoms with Gasteiger partial charge in [-0.1, -0.05) is 13.0 Å². The van der Waals surface area contributed by atoms with E-state index in [0.717, 1.165) is 19.5 Å². The van der Waals surface area contributed by atoms with Crippen LogP contribution in [0.2, 0.25) is 0 Å². The van der Waals surface area contributed by atoms with Crippen LogP contribution in [0.25, 0.3) is 0 Å². The van der Waals surface area contributed by atoms with Crippen molar-refractivity contribution in [3.63, 3.8) is 0 Å². The lowest BCUT2D eigenvalue weighted by atomic mass is 9.95. The molecule has 1 aliphatic heterocycles. The Hall–Kier alpha value is -0.870. The fourth-order valence-corrected chi connectivity index (χ4v) is 1.71. The van der Waals surface area contributed by atoms with Gasteiger partial charge in [-0.15, -0.1) is 6.58 Å². The zero-order valence-corrected chi connectivity index (χ0v) is 9.32. The third-order valence-electron chi connectivity index (χ3n) is 2.79. The summed E-state index contributed by atoms with van der Waals surface area (Å²) in [6.07, 6.45) is 2.52. The summed E-state index contributed by atoms with van der Waals surface area (Å²) in [4.78, 5) is 13.5. The Labute approximate surface area is 91.1 Å². The van der Waals surface area contributed by atoms with Crippen LogP contribution in [0.1, 0.15) is 13.3 Å². The molecule has 0 aromatic heterocycles. The molecule has 86 valence electrons. The van der Waals surface area contributed by atoms with Crippen LogP contribution in [0, 0.1) is 5.92 Å². The highest BCUT2D eigenvalue weighted by Crippen LogP contribution is 2.14. The lowest BCUT2D eigenvalue weighted by molar-refractivity contribution is -0.137. The van der Waals surface area contributed by atoms with Gasteiger partial charge in [-0.3, -0.25) is 4.79 Å². The van der Waals surface area contributed by atoms with E-state index in [0.29, 0.717) is 12.5 Å². The van der Waals surface area contributed by atoms with E-state index >= 15 is 0 Å². The number of carbonyl (C=O) groups excluding carboxylic acids is 1. The first kappa shape index (κ1) is 12.2. The summed E-state index contributed by atoms with van der Waals surface area (Å²) in [6, 6.07) is 0.225. The normalized spacial score (nSPS) is 26.4. The van der Waals surface area contributed by atoms with Gasteiger partial charge in [0.05, 0.1) is 6.61 Å². The lowest BCUT2D eigenvalue weighted by Crippen LogP contribution is -2.49. The zero-order chi connectivity index (χ0) is 11.3. The smallest absolute Gasteiger partial charge is 0.248 e. The molecule has 0 spiro atoms. The molecule has 0 radical (unpaired) electrons. The van der Waals surface area contributed by atoms with Crippen molar-refractivity contribution in [2.75, 3.05) is 26.3 Å². The maximum atomic E-state index is 11.7. The van der Waals surface area contributed by atoms with Gasteiger partial charge in [0.1, 0.15) is 6.61 Å². The van der Waals surface area contributed by atoms with E-state index in [9.17, 15) is 4.79 Å². The summed E-state index contributed by atoms with van der Waals surface area (Å²) >= 11 is 0. The van der Waals surface area contributed by atoms with Crippen LogP contribution in [0.15, 0.2) is 12.7 Å². The molecule has 1 heterocycles. The maximum Gasteiger partial charge on any atom is 0.248 e. The molecular formula is C11H20N2O2. The number of amides is 1. The van der Waals surface area contributed by atoms with Gasteiger partial charge in [0.25, 0.3) is 0 Å². The van der Waals surface area contributed by atoms with Crippen molar-refractivity contribution in [3.05, 3.63) is 12.7 Å². The van der Waals surface area contributed by atoms with Crippen LogP contribution in [0.3, 0.4) is 0 Å². The summed E-state index contributed by atoms with van der Waals surface area (Å²) < 4.78 is 5.12. The highest BCUT2D eigenvalue weighted by atomic mass is 16.5. The minimum absolute atomic E-state index is 0.0515. The van der Waals surface area contributed by atoms with E-state index in [1.807, 2.05) is 4.90 Å². The van der Waals surface area contributed by atoms with Crippen molar-refractivity contribution < 1.29 is 9.53 Å². The molecule has 2 atom stereocenters. The predicted octanol–water partition coefficient (Wildman–Crippen LogP) is 0.385. The van der Waals surface area contributed by atoms with Gasteiger partial charge in [-0.05, 0) is 12.3 Å². The average molecular weight is 212 g/mol. The van der Waals surface area contributed by atoms with Crippen molar-refractivity contribution in [2.24, 2.45) is 11.7 Å². The molecule has 1 saturated heterocycles. The third-order valence-corrected chi connectivity index (χ3v) is 2.79. The molecule has 0 aromatic carbocycles. The highest BCUT2D eigenvalue weighted by Gasteiger charge is 2.25. The quantitative estimate of drug-likeness (QED) is 0.541. The van der Waals surface area contributed by atoms with E-state index in [4.69, 9.17) is 10.5 Å². The Morgan fingerprint density at radius 1 is 1.73 bits per heavy atom. The maximum absolute atomic E-state index is 11.7. The van der Waals surface area contributed by atoms with Crippen molar-refractivity contribution >= 4 is 5.91 Å². The molecule has 2 N–H and O–H groups in total. The van der Waals surface area contributed by atoms with Gasteiger partial charge in [-0.25, -0.2) is 0 Å². The third kappa shape index (κ3) is 3.64. The number of rotatable bonds is 4. The Morgan fingerprint density at radius 3 is 3.07 bits per heavy atom. The molecule has 0 aromatic rings. The van der Waals surface area contributed by atoms with E-state index in [2.05, 4.69) is 13.5 Å². The average Bonchev–Trinajstić information content (AvgIpc) is 2.22. The van der Waals surface area contributed by atoms with Crippen LogP contribution >= 0.6 is 0 Å². The Bertz CT molecular complexity index is 231.